The first-order chi connectivity index (χ1) is 11.6. The van der Waals surface area contributed by atoms with Crippen LogP contribution in [0.1, 0.15) is 22.8 Å². The minimum atomic E-state index is 0.117. The highest BCUT2D eigenvalue weighted by atomic mass is 16.3. The fraction of sp³-hybridized carbons (Fsp3) is 0.529. The van der Waals surface area contributed by atoms with Gasteiger partial charge in [-0.25, -0.2) is 19.9 Å². The van der Waals surface area contributed by atoms with E-state index in [-0.39, 0.29) is 12.6 Å². The van der Waals surface area contributed by atoms with Crippen LogP contribution in [0.15, 0.2) is 24.8 Å². The van der Waals surface area contributed by atoms with E-state index in [0.29, 0.717) is 0 Å². The number of hydrogen-bond donors (Lipinski definition) is 1. The first kappa shape index (κ1) is 16.9. The maximum absolute atomic E-state index is 9.78. The van der Waals surface area contributed by atoms with Crippen molar-refractivity contribution in [3.8, 4) is 0 Å². The van der Waals surface area contributed by atoms with Crippen LogP contribution in [0, 0.1) is 13.8 Å². The molecule has 2 aromatic rings. The van der Waals surface area contributed by atoms with Crippen LogP contribution in [0.5, 0.6) is 0 Å². The molecule has 0 amide bonds. The van der Waals surface area contributed by atoms with Crippen molar-refractivity contribution in [2.24, 2.45) is 0 Å². The molecule has 7 heteroatoms. The number of aliphatic hydroxyl groups excluding tert-OH is 1. The molecule has 7 nitrogen and oxygen atoms in total. The smallest absolute Gasteiger partial charge is 0.125 e. The Morgan fingerprint density at radius 2 is 1.46 bits per heavy atom. The molecule has 0 spiro atoms. The number of rotatable bonds is 5. The molecule has 1 saturated heterocycles. The van der Waals surface area contributed by atoms with E-state index < -0.39 is 0 Å². The summed E-state index contributed by atoms with van der Waals surface area (Å²) in [6.07, 6.45) is 7.50. The molecule has 128 valence electrons. The summed E-state index contributed by atoms with van der Waals surface area (Å²) in [4.78, 5) is 21.6. The van der Waals surface area contributed by atoms with Crippen molar-refractivity contribution in [2.45, 2.75) is 33.0 Å². The molecule has 0 bridgehead atoms. The molecule has 24 heavy (non-hydrogen) atoms. The average Bonchev–Trinajstić information content (AvgIpc) is 2.60. The quantitative estimate of drug-likeness (QED) is 0.859. The largest absolute Gasteiger partial charge is 0.395 e. The van der Waals surface area contributed by atoms with E-state index in [1.54, 1.807) is 0 Å². The Bertz CT molecular complexity index is 645. The Morgan fingerprint density at radius 3 is 2.00 bits per heavy atom. The molecular formula is C17H24N6O. The highest BCUT2D eigenvalue weighted by Crippen LogP contribution is 2.15. The van der Waals surface area contributed by atoms with Crippen molar-refractivity contribution in [1.29, 1.82) is 0 Å². The number of aryl methyl sites for hydroxylation is 2. The van der Waals surface area contributed by atoms with Crippen LogP contribution in [0.4, 0.5) is 0 Å². The standard InChI is InChI=1S/C17H24N6O/c1-13-18-5-15(6-19-13)9-22-3-4-23(17(11-22)12-24)10-16-7-20-14(2)21-8-16/h5-8,17,24H,3-4,9-12H2,1-2H3/t17-/m1/s1. The van der Waals surface area contributed by atoms with Gasteiger partial charge in [-0.15, -0.1) is 0 Å². The van der Waals surface area contributed by atoms with Gasteiger partial charge in [0.2, 0.25) is 0 Å². The van der Waals surface area contributed by atoms with Gasteiger partial charge in [-0.05, 0) is 13.8 Å². The third-order valence-corrected chi connectivity index (χ3v) is 4.36. The second kappa shape index (κ2) is 7.74. The van der Waals surface area contributed by atoms with Gasteiger partial charge in [-0.1, -0.05) is 0 Å². The highest BCUT2D eigenvalue weighted by Gasteiger charge is 2.26. The Labute approximate surface area is 142 Å². The monoisotopic (exact) mass is 328 g/mol. The molecule has 0 aromatic carbocycles. The van der Waals surface area contributed by atoms with Crippen molar-refractivity contribution in [1.82, 2.24) is 29.7 Å². The van der Waals surface area contributed by atoms with Crippen molar-refractivity contribution >= 4 is 0 Å². The maximum atomic E-state index is 9.78. The third kappa shape index (κ3) is 4.31. The van der Waals surface area contributed by atoms with Crippen LogP contribution < -0.4 is 0 Å². The van der Waals surface area contributed by atoms with E-state index in [0.717, 1.165) is 55.5 Å². The van der Waals surface area contributed by atoms with E-state index in [2.05, 4.69) is 29.7 Å². The van der Waals surface area contributed by atoms with Crippen LogP contribution >= 0.6 is 0 Å². The summed E-state index contributed by atoms with van der Waals surface area (Å²) in [5.74, 6) is 1.57. The number of aliphatic hydroxyl groups is 1. The number of nitrogens with zero attached hydrogens (tertiary/aromatic N) is 6. The van der Waals surface area contributed by atoms with Crippen LogP contribution in [0.25, 0.3) is 0 Å². The van der Waals surface area contributed by atoms with Gasteiger partial charge >= 0.3 is 0 Å². The fourth-order valence-electron chi connectivity index (χ4n) is 2.98. The summed E-state index contributed by atoms with van der Waals surface area (Å²) in [7, 11) is 0. The SMILES string of the molecule is Cc1ncc(CN2CCN(Cc3cnc(C)nc3)[C@@H](CO)C2)cn1. The van der Waals surface area contributed by atoms with Gasteiger partial charge in [0, 0.05) is 74.7 Å². The van der Waals surface area contributed by atoms with Crippen molar-refractivity contribution in [3.63, 3.8) is 0 Å². The van der Waals surface area contributed by atoms with Gasteiger partial charge in [0.1, 0.15) is 11.6 Å². The fourth-order valence-corrected chi connectivity index (χ4v) is 2.98. The molecule has 2 aromatic heterocycles. The van der Waals surface area contributed by atoms with Crippen LogP contribution in [0.3, 0.4) is 0 Å². The molecule has 1 aliphatic rings. The Kier molecular flexibility index (Phi) is 5.44. The molecule has 1 aliphatic heterocycles. The van der Waals surface area contributed by atoms with Crippen LogP contribution in [-0.4, -0.2) is 67.1 Å². The zero-order valence-electron chi connectivity index (χ0n) is 14.3. The number of hydrogen-bond acceptors (Lipinski definition) is 7. The van der Waals surface area contributed by atoms with Gasteiger partial charge in [0.05, 0.1) is 6.61 Å². The summed E-state index contributed by atoms with van der Waals surface area (Å²) < 4.78 is 0. The van der Waals surface area contributed by atoms with Gasteiger partial charge in [-0.2, -0.15) is 0 Å². The molecule has 1 N–H and O–H groups in total. The van der Waals surface area contributed by atoms with Gasteiger partial charge in [0.25, 0.3) is 0 Å². The second-order valence-electron chi connectivity index (χ2n) is 6.32. The normalized spacial score (nSPS) is 19.5. The molecule has 3 heterocycles. The van der Waals surface area contributed by atoms with E-state index in [9.17, 15) is 5.11 Å². The van der Waals surface area contributed by atoms with Gasteiger partial charge in [-0.3, -0.25) is 9.80 Å². The number of piperazine rings is 1. The Morgan fingerprint density at radius 1 is 0.917 bits per heavy atom. The topological polar surface area (TPSA) is 78.3 Å². The second-order valence-corrected chi connectivity index (χ2v) is 6.32. The molecule has 0 radical (unpaired) electrons. The van der Waals surface area contributed by atoms with E-state index >= 15 is 0 Å². The van der Waals surface area contributed by atoms with Crippen molar-refractivity contribution < 1.29 is 5.11 Å². The lowest BCUT2D eigenvalue weighted by Crippen LogP contribution is -2.53. The number of aromatic nitrogens is 4. The molecular weight excluding hydrogens is 304 g/mol. The highest BCUT2D eigenvalue weighted by molar-refractivity contribution is 5.07. The van der Waals surface area contributed by atoms with E-state index in [4.69, 9.17) is 0 Å². The Hall–Kier alpha value is -1.96. The predicted octanol–water partition coefficient (Wildman–Crippen LogP) is 0.562. The summed E-state index contributed by atoms with van der Waals surface area (Å²) in [6.45, 7) is 8.20. The zero-order valence-corrected chi connectivity index (χ0v) is 14.3. The predicted molar refractivity (Wildman–Crippen MR) is 90.1 cm³/mol. The van der Waals surface area contributed by atoms with Gasteiger partial charge in [0.15, 0.2) is 0 Å². The maximum Gasteiger partial charge on any atom is 0.125 e. The lowest BCUT2D eigenvalue weighted by Gasteiger charge is -2.40. The van der Waals surface area contributed by atoms with Crippen molar-refractivity contribution in [2.75, 3.05) is 26.2 Å². The third-order valence-electron chi connectivity index (χ3n) is 4.36. The lowest BCUT2D eigenvalue weighted by atomic mass is 10.1. The Balaban J connectivity index is 1.58. The molecule has 1 fully saturated rings. The average molecular weight is 328 g/mol. The van der Waals surface area contributed by atoms with Crippen LogP contribution in [-0.2, 0) is 13.1 Å². The van der Waals surface area contributed by atoms with Gasteiger partial charge < -0.3 is 5.11 Å². The molecule has 3 rings (SSSR count). The van der Waals surface area contributed by atoms with E-state index in [1.807, 2.05) is 38.6 Å². The molecule has 0 aliphatic carbocycles. The summed E-state index contributed by atoms with van der Waals surface area (Å²) >= 11 is 0. The molecule has 1 atom stereocenters. The van der Waals surface area contributed by atoms with Crippen molar-refractivity contribution in [3.05, 3.63) is 47.6 Å². The lowest BCUT2D eigenvalue weighted by molar-refractivity contribution is 0.0314. The first-order valence-corrected chi connectivity index (χ1v) is 8.26. The summed E-state index contributed by atoms with van der Waals surface area (Å²) in [6, 6.07) is 0.117. The summed E-state index contributed by atoms with van der Waals surface area (Å²) in [5, 5.41) is 9.78. The summed E-state index contributed by atoms with van der Waals surface area (Å²) in [5.41, 5.74) is 2.19. The minimum Gasteiger partial charge on any atom is -0.395 e. The zero-order chi connectivity index (χ0) is 16.9. The molecule has 0 unspecified atom stereocenters. The first-order valence-electron chi connectivity index (χ1n) is 8.26. The molecule has 0 saturated carbocycles. The van der Waals surface area contributed by atoms with Crippen LogP contribution in [0.2, 0.25) is 0 Å². The van der Waals surface area contributed by atoms with E-state index in [1.165, 1.54) is 0 Å². The minimum absolute atomic E-state index is 0.117.